The van der Waals surface area contributed by atoms with Gasteiger partial charge in [0.15, 0.2) is 0 Å². The molecular formula is C20H28N2O5. The summed E-state index contributed by atoms with van der Waals surface area (Å²) in [5, 5.41) is 14.8. The molecule has 148 valence electrons. The molecule has 27 heavy (non-hydrogen) atoms. The molecule has 7 nitrogen and oxygen atoms in total. The first-order chi connectivity index (χ1) is 12.8. The molecule has 0 heterocycles. The highest BCUT2D eigenvalue weighted by Gasteiger charge is 2.24. The van der Waals surface area contributed by atoms with Crippen molar-refractivity contribution in [3.63, 3.8) is 0 Å². The van der Waals surface area contributed by atoms with Crippen molar-refractivity contribution < 1.29 is 24.2 Å². The molecule has 0 spiro atoms. The fraction of sp³-hybridized carbons (Fsp3) is 0.550. The van der Waals surface area contributed by atoms with Gasteiger partial charge in [-0.3, -0.25) is 9.59 Å². The molecule has 7 heteroatoms. The molecule has 2 rings (SSSR count). The van der Waals surface area contributed by atoms with Crippen LogP contribution in [0.5, 0.6) is 5.75 Å². The summed E-state index contributed by atoms with van der Waals surface area (Å²) in [6.45, 7) is 5.47. The van der Waals surface area contributed by atoms with Crippen LogP contribution in [-0.2, 0) is 9.59 Å². The molecule has 1 saturated carbocycles. The quantitative estimate of drug-likeness (QED) is 0.646. The minimum absolute atomic E-state index is 0.00417. The average molecular weight is 376 g/mol. The van der Waals surface area contributed by atoms with Crippen molar-refractivity contribution in [1.82, 2.24) is 5.32 Å². The van der Waals surface area contributed by atoms with E-state index in [1.807, 2.05) is 13.8 Å². The first kappa shape index (κ1) is 20.7. The molecule has 1 atom stereocenters. The highest BCUT2D eigenvalue weighted by molar-refractivity contribution is 5.96. The van der Waals surface area contributed by atoms with Crippen LogP contribution in [0.2, 0.25) is 0 Å². The molecule has 1 aromatic carbocycles. The summed E-state index contributed by atoms with van der Waals surface area (Å²) < 4.78 is 5.64. The van der Waals surface area contributed by atoms with Crippen LogP contribution < -0.4 is 15.4 Å². The summed E-state index contributed by atoms with van der Waals surface area (Å²) in [5.74, 6) is -0.937. The van der Waals surface area contributed by atoms with Crippen LogP contribution >= 0.6 is 0 Å². The second-order valence-electron chi connectivity index (χ2n) is 7.33. The lowest BCUT2D eigenvalue weighted by Crippen LogP contribution is -2.38. The topological polar surface area (TPSA) is 105 Å². The summed E-state index contributed by atoms with van der Waals surface area (Å²) in [5.41, 5.74) is 0.368. The second kappa shape index (κ2) is 9.39. The van der Waals surface area contributed by atoms with Crippen LogP contribution in [0.15, 0.2) is 18.2 Å². The van der Waals surface area contributed by atoms with E-state index in [1.54, 1.807) is 6.92 Å². The number of hydrogen-bond acceptors (Lipinski definition) is 4. The average Bonchev–Trinajstić information content (AvgIpc) is 3.10. The number of carbonyl (C=O) groups is 3. The van der Waals surface area contributed by atoms with Gasteiger partial charge in [-0.15, -0.1) is 0 Å². The monoisotopic (exact) mass is 376 g/mol. The summed E-state index contributed by atoms with van der Waals surface area (Å²) in [4.78, 5) is 35.7. The van der Waals surface area contributed by atoms with Gasteiger partial charge in [0.25, 0.3) is 0 Å². The smallest absolute Gasteiger partial charge is 0.335 e. The van der Waals surface area contributed by atoms with Gasteiger partial charge in [-0.1, -0.05) is 12.8 Å². The number of carbonyl (C=O) groups excluding carboxylic acids is 2. The van der Waals surface area contributed by atoms with Crippen LogP contribution in [0.3, 0.4) is 0 Å². The Morgan fingerprint density at radius 3 is 2.44 bits per heavy atom. The predicted octanol–water partition coefficient (Wildman–Crippen LogP) is 3.20. The Labute approximate surface area is 159 Å². The lowest BCUT2D eigenvalue weighted by atomic mass is 10.1. The van der Waals surface area contributed by atoms with Gasteiger partial charge in [0.1, 0.15) is 5.75 Å². The third-order valence-corrected chi connectivity index (χ3v) is 4.47. The van der Waals surface area contributed by atoms with Crippen LogP contribution in [0.1, 0.15) is 63.2 Å². The molecule has 1 aromatic rings. The van der Waals surface area contributed by atoms with Gasteiger partial charge in [-0.2, -0.15) is 0 Å². The van der Waals surface area contributed by atoms with E-state index in [9.17, 15) is 14.4 Å². The molecule has 0 radical (unpaired) electrons. The zero-order valence-corrected chi connectivity index (χ0v) is 16.1. The summed E-state index contributed by atoms with van der Waals surface area (Å²) in [7, 11) is 0. The number of anilines is 1. The third kappa shape index (κ3) is 6.27. The van der Waals surface area contributed by atoms with Crippen LogP contribution in [0, 0.1) is 5.92 Å². The van der Waals surface area contributed by atoms with Gasteiger partial charge >= 0.3 is 5.97 Å². The highest BCUT2D eigenvalue weighted by Crippen LogP contribution is 2.28. The van der Waals surface area contributed by atoms with Crippen LogP contribution in [0.25, 0.3) is 0 Å². The minimum atomic E-state index is -1.08. The van der Waals surface area contributed by atoms with Crippen molar-refractivity contribution >= 4 is 23.5 Å². The molecule has 1 unspecified atom stereocenters. The normalized spacial score (nSPS) is 15.4. The van der Waals surface area contributed by atoms with Crippen molar-refractivity contribution in [3.05, 3.63) is 23.8 Å². The van der Waals surface area contributed by atoms with Crippen LogP contribution in [-0.4, -0.2) is 35.0 Å². The van der Waals surface area contributed by atoms with Crippen molar-refractivity contribution in [1.29, 1.82) is 0 Å². The second-order valence-corrected chi connectivity index (χ2v) is 7.33. The van der Waals surface area contributed by atoms with Crippen molar-refractivity contribution in [2.75, 3.05) is 5.32 Å². The molecule has 0 aromatic heterocycles. The number of nitrogens with one attached hydrogen (secondary N) is 2. The molecule has 1 aliphatic rings. The van der Waals surface area contributed by atoms with Crippen molar-refractivity contribution in [3.8, 4) is 5.75 Å². The lowest BCUT2D eigenvalue weighted by Gasteiger charge is -2.18. The number of carboxylic acid groups (broad SMARTS) is 1. The van der Waals surface area contributed by atoms with E-state index in [2.05, 4.69) is 10.6 Å². The van der Waals surface area contributed by atoms with Gasteiger partial charge in [-0.25, -0.2) is 4.79 Å². The number of amides is 2. The fourth-order valence-corrected chi connectivity index (χ4v) is 3.20. The Kier molecular flexibility index (Phi) is 7.21. The number of ether oxygens (including phenoxy) is 1. The van der Waals surface area contributed by atoms with Gasteiger partial charge < -0.3 is 20.5 Å². The Hall–Kier alpha value is -2.57. The van der Waals surface area contributed by atoms with E-state index < -0.39 is 5.97 Å². The first-order valence-electron chi connectivity index (χ1n) is 9.40. The van der Waals surface area contributed by atoms with E-state index in [0.717, 1.165) is 25.7 Å². The van der Waals surface area contributed by atoms with Crippen LogP contribution in [0.4, 0.5) is 5.69 Å². The molecule has 1 aliphatic carbocycles. The number of rotatable bonds is 8. The van der Waals surface area contributed by atoms with Crippen molar-refractivity contribution in [2.24, 2.45) is 5.92 Å². The number of hydrogen-bond donors (Lipinski definition) is 3. The summed E-state index contributed by atoms with van der Waals surface area (Å²) in [6, 6.07) is 4.03. The minimum Gasteiger partial charge on any atom is -0.489 e. The highest BCUT2D eigenvalue weighted by atomic mass is 16.5. The Bertz CT molecular complexity index is 696. The third-order valence-electron chi connectivity index (χ3n) is 4.47. The standard InChI is InChI=1S/C20H28N2O5/c1-12(2)27-17-9-8-15(20(25)26)11-16(17)22-18(23)10-13(3)21-19(24)14-6-4-5-7-14/h8-9,11-14H,4-7,10H2,1-3H3,(H,21,24)(H,22,23)(H,25,26). The number of carboxylic acids is 1. The SMILES string of the molecule is CC(CC(=O)Nc1cc(C(=O)O)ccc1OC(C)C)NC(=O)C1CCCC1. The lowest BCUT2D eigenvalue weighted by molar-refractivity contribution is -0.125. The predicted molar refractivity (Wildman–Crippen MR) is 102 cm³/mol. The van der Waals surface area contributed by atoms with E-state index in [0.29, 0.717) is 11.4 Å². The van der Waals surface area contributed by atoms with Gasteiger partial charge in [0.2, 0.25) is 11.8 Å². The fourth-order valence-electron chi connectivity index (χ4n) is 3.20. The Morgan fingerprint density at radius 2 is 1.85 bits per heavy atom. The van der Waals surface area contributed by atoms with Gasteiger partial charge in [0, 0.05) is 18.4 Å². The van der Waals surface area contributed by atoms with Gasteiger partial charge in [-0.05, 0) is 51.8 Å². The largest absolute Gasteiger partial charge is 0.489 e. The number of benzene rings is 1. The molecular weight excluding hydrogens is 348 g/mol. The maximum Gasteiger partial charge on any atom is 0.335 e. The van der Waals surface area contributed by atoms with Crippen molar-refractivity contribution in [2.45, 2.75) is 65.0 Å². The van der Waals surface area contributed by atoms with E-state index in [1.165, 1.54) is 18.2 Å². The molecule has 0 bridgehead atoms. The van der Waals surface area contributed by atoms with E-state index in [4.69, 9.17) is 9.84 Å². The molecule has 2 amide bonds. The maximum absolute atomic E-state index is 12.4. The van der Waals surface area contributed by atoms with E-state index >= 15 is 0 Å². The maximum atomic E-state index is 12.4. The summed E-state index contributed by atoms with van der Waals surface area (Å²) >= 11 is 0. The Morgan fingerprint density at radius 1 is 1.19 bits per heavy atom. The Balaban J connectivity index is 1.99. The molecule has 0 saturated heterocycles. The molecule has 0 aliphatic heterocycles. The van der Waals surface area contributed by atoms with Gasteiger partial charge in [0.05, 0.1) is 17.4 Å². The zero-order valence-electron chi connectivity index (χ0n) is 16.1. The number of aromatic carboxylic acids is 1. The molecule has 3 N–H and O–H groups in total. The van der Waals surface area contributed by atoms with E-state index in [-0.39, 0.29) is 41.9 Å². The summed E-state index contributed by atoms with van der Waals surface area (Å²) in [6.07, 6.45) is 3.93. The zero-order chi connectivity index (χ0) is 20.0. The molecule has 1 fully saturated rings. The first-order valence-corrected chi connectivity index (χ1v) is 9.40.